The van der Waals surface area contributed by atoms with E-state index in [2.05, 4.69) is 20.3 Å². The van der Waals surface area contributed by atoms with Gasteiger partial charge in [0.15, 0.2) is 28.8 Å². The van der Waals surface area contributed by atoms with Crippen molar-refractivity contribution in [3.63, 3.8) is 0 Å². The van der Waals surface area contributed by atoms with Gasteiger partial charge in [-0.15, -0.1) is 0 Å². The van der Waals surface area contributed by atoms with Crippen LogP contribution in [0.3, 0.4) is 0 Å². The van der Waals surface area contributed by atoms with Crippen LogP contribution in [0.1, 0.15) is 48.7 Å². The number of nitrogens with one attached hydrogen (secondary N) is 3. The van der Waals surface area contributed by atoms with Crippen molar-refractivity contribution in [3.05, 3.63) is 40.0 Å². The van der Waals surface area contributed by atoms with E-state index in [1.807, 2.05) is 20.8 Å². The molecule has 0 radical (unpaired) electrons. The van der Waals surface area contributed by atoms with Crippen LogP contribution in [0.2, 0.25) is 0 Å². The second-order valence-electron chi connectivity index (χ2n) is 8.60. The zero-order valence-corrected chi connectivity index (χ0v) is 20.2. The zero-order chi connectivity index (χ0) is 26.5. The molecule has 1 atom stereocenters. The molecule has 1 aromatic heterocycles. The lowest BCUT2D eigenvalue weighted by Gasteiger charge is -2.22. The van der Waals surface area contributed by atoms with Crippen LogP contribution in [0.15, 0.2) is 0 Å². The molecule has 0 saturated heterocycles. The molecule has 9 nitrogen and oxygen atoms in total. The molecule has 0 fully saturated rings. The van der Waals surface area contributed by atoms with Crippen LogP contribution in [0, 0.1) is 30.2 Å². The van der Waals surface area contributed by atoms with Crippen LogP contribution in [0.25, 0.3) is 0 Å². The van der Waals surface area contributed by atoms with E-state index in [4.69, 9.17) is 4.74 Å². The number of aromatic nitrogens is 1. The summed E-state index contributed by atoms with van der Waals surface area (Å²) in [5.41, 5.74) is -2.74. The summed E-state index contributed by atoms with van der Waals surface area (Å²) in [6, 6.07) is -0.793. The Labute approximate surface area is 202 Å². The minimum absolute atomic E-state index is 0.0759. The van der Waals surface area contributed by atoms with Crippen LogP contribution >= 0.6 is 11.5 Å². The van der Waals surface area contributed by atoms with Gasteiger partial charge in [-0.3, -0.25) is 5.32 Å². The zero-order valence-electron chi connectivity index (χ0n) is 19.4. The van der Waals surface area contributed by atoms with Gasteiger partial charge in [0.25, 0.3) is 0 Å². The summed E-state index contributed by atoms with van der Waals surface area (Å²) < 4.78 is 64.3. The molecule has 14 heteroatoms. The summed E-state index contributed by atoms with van der Waals surface area (Å²) in [5, 5.41) is 27.0. The van der Waals surface area contributed by atoms with Gasteiger partial charge in [0.2, 0.25) is 5.88 Å². The first-order chi connectivity index (χ1) is 16.2. The Morgan fingerprint density at radius 2 is 1.71 bits per heavy atom. The third-order valence-corrected chi connectivity index (χ3v) is 5.41. The first-order valence-electron chi connectivity index (χ1n) is 10.4. The van der Waals surface area contributed by atoms with Gasteiger partial charge in [-0.1, -0.05) is 0 Å². The first kappa shape index (κ1) is 28.3. The molecule has 1 unspecified atom stereocenters. The molecule has 194 valence electrons. The van der Waals surface area contributed by atoms with Gasteiger partial charge < -0.3 is 25.6 Å². The number of amides is 2. The number of anilines is 1. The summed E-state index contributed by atoms with van der Waals surface area (Å²) in [6.07, 6.45) is -0.509. The second-order valence-corrected chi connectivity index (χ2v) is 9.37. The van der Waals surface area contributed by atoms with E-state index >= 15 is 0 Å². The van der Waals surface area contributed by atoms with Crippen LogP contribution < -0.4 is 20.7 Å². The van der Waals surface area contributed by atoms with Gasteiger partial charge in [-0.2, -0.15) is 4.37 Å². The Morgan fingerprint density at radius 1 is 1.11 bits per heavy atom. The van der Waals surface area contributed by atoms with E-state index in [0.29, 0.717) is 18.1 Å². The molecule has 0 spiro atoms. The average Bonchev–Trinajstić information content (AvgIpc) is 3.17. The van der Waals surface area contributed by atoms with Crippen molar-refractivity contribution in [2.75, 3.05) is 18.4 Å². The highest BCUT2D eigenvalue weighted by molar-refractivity contribution is 7.11. The molecule has 0 saturated carbocycles. The fourth-order valence-electron chi connectivity index (χ4n) is 2.73. The topological polar surface area (TPSA) is 133 Å². The monoisotopic (exact) mass is 522 g/mol. The maximum absolute atomic E-state index is 14.0. The van der Waals surface area contributed by atoms with Gasteiger partial charge in [0.1, 0.15) is 11.6 Å². The van der Waals surface area contributed by atoms with E-state index in [9.17, 15) is 37.4 Å². The molecule has 2 amide bonds. The Balaban J connectivity index is 2.02. The van der Waals surface area contributed by atoms with E-state index < -0.39 is 70.6 Å². The number of β-amino-alcohol motifs (C(OH)–C–C–N with tert-alkyl or cyclic N) is 1. The largest absolute Gasteiger partial charge is 0.477 e. The SMILES string of the molecule is Cc1c(F)c(F)c(COc2nsc(NC(=O)NCCC(O)CNC(C)(C)C)c2C(=O)O)c(F)c1F. The second kappa shape index (κ2) is 11.6. The number of urea groups is 1. The number of carbonyl (C=O) groups is 2. The van der Waals surface area contributed by atoms with Gasteiger partial charge in [-0.25, -0.2) is 27.2 Å². The molecule has 1 heterocycles. The number of aromatic carboxylic acids is 1. The lowest BCUT2D eigenvalue weighted by Crippen LogP contribution is -2.42. The van der Waals surface area contributed by atoms with Crippen molar-refractivity contribution in [3.8, 4) is 5.88 Å². The van der Waals surface area contributed by atoms with Crippen LogP contribution in [-0.2, 0) is 6.61 Å². The maximum Gasteiger partial charge on any atom is 0.344 e. The van der Waals surface area contributed by atoms with Gasteiger partial charge in [0, 0.05) is 24.2 Å². The van der Waals surface area contributed by atoms with E-state index in [1.165, 1.54) is 0 Å². The highest BCUT2D eigenvalue weighted by Crippen LogP contribution is 2.32. The number of nitrogens with zero attached hydrogens (tertiary/aromatic N) is 1. The number of ether oxygens (including phenoxy) is 1. The summed E-state index contributed by atoms with van der Waals surface area (Å²) in [4.78, 5) is 23.8. The van der Waals surface area contributed by atoms with Crippen molar-refractivity contribution < 1.29 is 42.1 Å². The number of benzene rings is 1. The number of carbonyl (C=O) groups excluding carboxylic acids is 1. The molecule has 0 aliphatic heterocycles. The highest BCUT2D eigenvalue weighted by atomic mass is 32.1. The normalized spacial score (nSPS) is 12.4. The Hall–Kier alpha value is -2.97. The van der Waals surface area contributed by atoms with Crippen molar-refractivity contribution in [2.24, 2.45) is 0 Å². The highest BCUT2D eigenvalue weighted by Gasteiger charge is 2.27. The van der Waals surface area contributed by atoms with Crippen molar-refractivity contribution >= 4 is 28.5 Å². The van der Waals surface area contributed by atoms with Crippen LogP contribution in [-0.4, -0.2) is 51.3 Å². The quantitative estimate of drug-likeness (QED) is 0.238. The van der Waals surface area contributed by atoms with E-state index in [0.717, 1.165) is 6.92 Å². The van der Waals surface area contributed by atoms with Crippen molar-refractivity contribution in [2.45, 2.75) is 52.4 Å². The molecule has 0 aliphatic carbocycles. The summed E-state index contributed by atoms with van der Waals surface area (Å²) in [7, 11) is 0. The average molecular weight is 523 g/mol. The number of carboxylic acid groups (broad SMARTS) is 1. The number of aliphatic hydroxyl groups excluding tert-OH is 1. The van der Waals surface area contributed by atoms with Crippen molar-refractivity contribution in [1.82, 2.24) is 15.0 Å². The molecule has 1 aromatic carbocycles. The Bertz CT molecular complexity index is 1060. The summed E-state index contributed by atoms with van der Waals surface area (Å²) >= 11 is 0.513. The van der Waals surface area contributed by atoms with Crippen molar-refractivity contribution in [1.29, 1.82) is 0 Å². The number of hydrogen-bond donors (Lipinski definition) is 5. The first-order valence-corrected chi connectivity index (χ1v) is 11.1. The molecule has 5 N–H and O–H groups in total. The smallest absolute Gasteiger partial charge is 0.344 e. The Morgan fingerprint density at radius 3 is 2.26 bits per heavy atom. The predicted molar refractivity (Wildman–Crippen MR) is 120 cm³/mol. The summed E-state index contributed by atoms with van der Waals surface area (Å²) in [5.74, 6) is -8.73. The fourth-order valence-corrected chi connectivity index (χ4v) is 3.45. The predicted octanol–water partition coefficient (Wildman–Crippen LogP) is 3.55. The molecule has 0 aliphatic rings. The molecule has 35 heavy (non-hydrogen) atoms. The van der Waals surface area contributed by atoms with Crippen LogP contribution in [0.4, 0.5) is 27.4 Å². The van der Waals surface area contributed by atoms with E-state index in [-0.39, 0.29) is 23.5 Å². The number of carboxylic acids is 1. The van der Waals surface area contributed by atoms with Crippen LogP contribution in [0.5, 0.6) is 5.88 Å². The van der Waals surface area contributed by atoms with Gasteiger partial charge in [-0.05, 0) is 45.6 Å². The minimum atomic E-state index is -1.67. The Kier molecular flexibility index (Phi) is 9.40. The lowest BCUT2D eigenvalue weighted by molar-refractivity contribution is 0.0692. The third-order valence-electron chi connectivity index (χ3n) is 4.66. The molecular formula is C21H26F4N4O5S. The number of rotatable bonds is 10. The lowest BCUT2D eigenvalue weighted by atomic mass is 10.1. The summed E-state index contributed by atoms with van der Waals surface area (Å²) in [6.45, 7) is 5.99. The molecule has 2 aromatic rings. The number of halogens is 4. The van der Waals surface area contributed by atoms with E-state index in [1.54, 1.807) is 0 Å². The van der Waals surface area contributed by atoms with Gasteiger partial charge >= 0.3 is 12.0 Å². The number of aliphatic hydroxyl groups is 1. The third kappa shape index (κ3) is 7.50. The maximum atomic E-state index is 14.0. The number of hydrogen-bond acceptors (Lipinski definition) is 7. The fraction of sp³-hybridized carbons (Fsp3) is 0.476. The molecule has 0 bridgehead atoms. The molecule has 2 rings (SSSR count). The molecular weight excluding hydrogens is 496 g/mol. The standard InChI is InChI=1S/C21H26F4N4O5S/c1-9-13(22)15(24)11(16(25)14(9)23)8-34-17-12(19(31)32)18(35-29-17)28-20(33)26-6-5-10(30)7-27-21(2,3)4/h10,27,30H,5-8H2,1-4H3,(H,31,32)(H2,26,28,33). The minimum Gasteiger partial charge on any atom is -0.477 e. The van der Waals surface area contributed by atoms with Gasteiger partial charge in [0.05, 0.1) is 11.7 Å².